The second kappa shape index (κ2) is 8.26. The third kappa shape index (κ3) is 4.58. The van der Waals surface area contributed by atoms with Gasteiger partial charge in [0.25, 0.3) is 10.0 Å². The fourth-order valence-electron chi connectivity index (χ4n) is 2.67. The van der Waals surface area contributed by atoms with E-state index in [1.54, 1.807) is 24.3 Å². The summed E-state index contributed by atoms with van der Waals surface area (Å²) in [7, 11) is -3.76. The summed E-state index contributed by atoms with van der Waals surface area (Å²) in [5, 5.41) is 11.2. The van der Waals surface area contributed by atoms with Crippen molar-refractivity contribution in [2.24, 2.45) is 0 Å². The van der Waals surface area contributed by atoms with Gasteiger partial charge in [-0.3, -0.25) is 4.72 Å². The Hall–Kier alpha value is -3.13. The molecule has 0 unspecified atom stereocenters. The number of hydrogen-bond acceptors (Lipinski definition) is 6. The molecule has 0 spiro atoms. The van der Waals surface area contributed by atoms with E-state index >= 15 is 0 Å². The van der Waals surface area contributed by atoms with Crippen molar-refractivity contribution in [1.82, 2.24) is 10.2 Å². The topological polar surface area (TPSA) is 93.2 Å². The molecular formula is C20H22N4O3S. The third-order valence-corrected chi connectivity index (χ3v) is 5.45. The number of hydrogen-bond donors (Lipinski definition) is 2. The van der Waals surface area contributed by atoms with E-state index in [9.17, 15) is 8.42 Å². The molecule has 0 amide bonds. The molecule has 1 aromatic heterocycles. The van der Waals surface area contributed by atoms with Gasteiger partial charge in [0.05, 0.1) is 11.5 Å². The summed E-state index contributed by atoms with van der Waals surface area (Å²) in [6.45, 7) is 6.39. The first-order valence-corrected chi connectivity index (χ1v) is 10.3. The molecule has 0 atom stereocenters. The van der Waals surface area contributed by atoms with Crippen molar-refractivity contribution in [3.05, 3.63) is 65.7 Å². The van der Waals surface area contributed by atoms with E-state index in [1.165, 1.54) is 12.1 Å². The van der Waals surface area contributed by atoms with E-state index in [2.05, 4.69) is 20.2 Å². The van der Waals surface area contributed by atoms with Gasteiger partial charge >= 0.3 is 0 Å². The average Bonchev–Trinajstić information content (AvgIpc) is 2.67. The summed E-state index contributed by atoms with van der Waals surface area (Å²) in [5.41, 5.74) is 3.13. The minimum atomic E-state index is -3.76. The first-order chi connectivity index (χ1) is 13.4. The SMILES string of the molecule is CCOc1ccc(S(=O)(=O)Nc2ccc(Nc3c(C)cccc3C)nn2)cc1. The van der Waals surface area contributed by atoms with Crippen molar-refractivity contribution in [1.29, 1.82) is 0 Å². The Balaban J connectivity index is 1.73. The van der Waals surface area contributed by atoms with E-state index in [1.807, 2.05) is 39.0 Å². The summed E-state index contributed by atoms with van der Waals surface area (Å²) < 4.78 is 32.8. The van der Waals surface area contributed by atoms with Crippen LogP contribution in [0.4, 0.5) is 17.3 Å². The van der Waals surface area contributed by atoms with Gasteiger partial charge in [-0.05, 0) is 68.3 Å². The first-order valence-electron chi connectivity index (χ1n) is 8.81. The number of rotatable bonds is 7. The summed E-state index contributed by atoms with van der Waals surface area (Å²) in [6, 6.07) is 15.4. The van der Waals surface area contributed by atoms with Gasteiger partial charge in [-0.25, -0.2) is 8.42 Å². The van der Waals surface area contributed by atoms with Gasteiger partial charge in [0.2, 0.25) is 0 Å². The predicted octanol–water partition coefficient (Wildman–Crippen LogP) is 4.04. The Kier molecular flexibility index (Phi) is 5.79. The van der Waals surface area contributed by atoms with Crippen LogP contribution in [0.15, 0.2) is 59.5 Å². The third-order valence-electron chi connectivity index (χ3n) is 4.08. The van der Waals surface area contributed by atoms with Crippen molar-refractivity contribution in [2.45, 2.75) is 25.7 Å². The van der Waals surface area contributed by atoms with Crippen LogP contribution in [0.25, 0.3) is 0 Å². The molecule has 8 heteroatoms. The van der Waals surface area contributed by atoms with Gasteiger partial charge in [0, 0.05) is 5.69 Å². The second-order valence-corrected chi connectivity index (χ2v) is 7.89. The molecule has 2 N–H and O–H groups in total. The maximum absolute atomic E-state index is 12.5. The Bertz CT molecular complexity index is 1030. The molecule has 0 aliphatic heterocycles. The standard InChI is InChI=1S/C20H22N4O3S/c1-4-27-16-8-10-17(11-9-16)28(25,26)24-19-13-12-18(22-23-19)21-20-14(2)6-5-7-15(20)3/h5-13H,4H2,1-3H3,(H,21,22)(H,23,24). The normalized spacial score (nSPS) is 11.1. The van der Waals surface area contributed by atoms with Gasteiger partial charge < -0.3 is 10.1 Å². The van der Waals surface area contributed by atoms with Crippen LogP contribution in [0.2, 0.25) is 0 Å². The van der Waals surface area contributed by atoms with Crippen molar-refractivity contribution in [3.8, 4) is 5.75 Å². The molecule has 0 saturated carbocycles. The van der Waals surface area contributed by atoms with Crippen LogP contribution < -0.4 is 14.8 Å². The van der Waals surface area contributed by atoms with Crippen molar-refractivity contribution >= 4 is 27.3 Å². The zero-order valence-corrected chi connectivity index (χ0v) is 16.7. The Morgan fingerprint density at radius 1 is 0.893 bits per heavy atom. The summed E-state index contributed by atoms with van der Waals surface area (Å²) in [5.74, 6) is 1.28. The lowest BCUT2D eigenvalue weighted by Gasteiger charge is -2.12. The number of aromatic nitrogens is 2. The zero-order chi connectivity index (χ0) is 20.1. The van der Waals surface area contributed by atoms with Crippen LogP contribution in [0.5, 0.6) is 5.75 Å². The summed E-state index contributed by atoms with van der Waals surface area (Å²) in [4.78, 5) is 0.121. The zero-order valence-electron chi connectivity index (χ0n) is 15.9. The molecular weight excluding hydrogens is 376 g/mol. The van der Waals surface area contributed by atoms with Gasteiger partial charge in [-0.1, -0.05) is 18.2 Å². The Labute approximate surface area is 164 Å². The predicted molar refractivity (Wildman–Crippen MR) is 110 cm³/mol. The average molecular weight is 398 g/mol. The molecule has 0 aliphatic rings. The molecule has 146 valence electrons. The van der Waals surface area contributed by atoms with Crippen LogP contribution in [-0.4, -0.2) is 25.2 Å². The molecule has 3 rings (SSSR count). The first kappa shape index (κ1) is 19.6. The number of sulfonamides is 1. The highest BCUT2D eigenvalue weighted by molar-refractivity contribution is 7.92. The monoisotopic (exact) mass is 398 g/mol. The maximum atomic E-state index is 12.5. The number of nitrogens with zero attached hydrogens (tertiary/aromatic N) is 2. The van der Waals surface area contributed by atoms with Crippen LogP contribution in [0.3, 0.4) is 0 Å². The molecule has 28 heavy (non-hydrogen) atoms. The maximum Gasteiger partial charge on any atom is 0.263 e. The molecule has 1 heterocycles. The Morgan fingerprint density at radius 3 is 2.07 bits per heavy atom. The van der Waals surface area contributed by atoms with Crippen molar-refractivity contribution in [2.75, 3.05) is 16.6 Å². The van der Waals surface area contributed by atoms with Crippen molar-refractivity contribution < 1.29 is 13.2 Å². The van der Waals surface area contributed by atoms with E-state index in [0.717, 1.165) is 16.8 Å². The van der Waals surface area contributed by atoms with Gasteiger partial charge in [0.1, 0.15) is 5.75 Å². The highest BCUT2D eigenvalue weighted by atomic mass is 32.2. The van der Waals surface area contributed by atoms with Crippen molar-refractivity contribution in [3.63, 3.8) is 0 Å². The summed E-state index contributed by atoms with van der Waals surface area (Å²) >= 11 is 0. The molecule has 0 fully saturated rings. The van der Waals surface area contributed by atoms with E-state index in [0.29, 0.717) is 18.2 Å². The quantitative estimate of drug-likeness (QED) is 0.624. The molecule has 7 nitrogen and oxygen atoms in total. The number of benzene rings is 2. The second-order valence-electron chi connectivity index (χ2n) is 6.21. The highest BCUT2D eigenvalue weighted by Crippen LogP contribution is 2.24. The Morgan fingerprint density at radius 2 is 1.50 bits per heavy atom. The molecule has 0 saturated heterocycles. The molecule has 0 bridgehead atoms. The van der Waals surface area contributed by atoms with Gasteiger partial charge in [-0.2, -0.15) is 0 Å². The number of aryl methyl sites for hydroxylation is 2. The fraction of sp³-hybridized carbons (Fsp3) is 0.200. The molecule has 0 aliphatic carbocycles. The molecule has 3 aromatic rings. The molecule has 2 aromatic carbocycles. The number of para-hydroxylation sites is 1. The van der Waals surface area contributed by atoms with Crippen LogP contribution in [-0.2, 0) is 10.0 Å². The number of anilines is 3. The highest BCUT2D eigenvalue weighted by Gasteiger charge is 2.15. The minimum absolute atomic E-state index is 0.121. The van der Waals surface area contributed by atoms with Crippen LogP contribution >= 0.6 is 0 Å². The van der Waals surface area contributed by atoms with E-state index < -0.39 is 10.0 Å². The fourth-order valence-corrected chi connectivity index (χ4v) is 3.67. The lowest BCUT2D eigenvalue weighted by atomic mass is 10.1. The minimum Gasteiger partial charge on any atom is -0.494 e. The number of ether oxygens (including phenoxy) is 1. The van der Waals surface area contributed by atoms with Crippen LogP contribution in [0.1, 0.15) is 18.1 Å². The van der Waals surface area contributed by atoms with Crippen LogP contribution in [0, 0.1) is 13.8 Å². The molecule has 0 radical (unpaired) electrons. The summed E-state index contributed by atoms with van der Waals surface area (Å²) in [6.07, 6.45) is 0. The lowest BCUT2D eigenvalue weighted by Crippen LogP contribution is -2.14. The lowest BCUT2D eigenvalue weighted by molar-refractivity contribution is 0.340. The van der Waals surface area contributed by atoms with Gasteiger partial charge in [-0.15, -0.1) is 10.2 Å². The number of nitrogens with one attached hydrogen (secondary N) is 2. The smallest absolute Gasteiger partial charge is 0.263 e. The van der Waals surface area contributed by atoms with Gasteiger partial charge in [0.15, 0.2) is 11.6 Å². The largest absolute Gasteiger partial charge is 0.494 e. The van der Waals surface area contributed by atoms with E-state index in [4.69, 9.17) is 4.74 Å². The van der Waals surface area contributed by atoms with E-state index in [-0.39, 0.29) is 10.7 Å².